The molecule has 0 aliphatic carbocycles. The van der Waals surface area contributed by atoms with Gasteiger partial charge in [-0.05, 0) is 62.7 Å². The summed E-state index contributed by atoms with van der Waals surface area (Å²) < 4.78 is 24.2. The number of halogens is 1. The van der Waals surface area contributed by atoms with Crippen LogP contribution in [-0.4, -0.2) is 28.7 Å². The number of pyridine rings is 1. The summed E-state index contributed by atoms with van der Waals surface area (Å²) in [7, 11) is 0. The predicted molar refractivity (Wildman–Crippen MR) is 132 cm³/mol. The smallest absolute Gasteiger partial charge is 0.412 e. The van der Waals surface area contributed by atoms with Gasteiger partial charge in [0.25, 0.3) is 5.91 Å². The average Bonchev–Trinajstić information content (AvgIpc) is 2.83. The summed E-state index contributed by atoms with van der Waals surface area (Å²) in [4.78, 5) is 40.7. The van der Waals surface area contributed by atoms with Crippen molar-refractivity contribution in [3.63, 3.8) is 0 Å². The molecule has 0 spiro atoms. The van der Waals surface area contributed by atoms with Gasteiger partial charge in [-0.2, -0.15) is 0 Å². The minimum absolute atomic E-state index is 0.0768. The van der Waals surface area contributed by atoms with Crippen LogP contribution in [0.15, 0.2) is 67.0 Å². The van der Waals surface area contributed by atoms with Crippen LogP contribution in [0, 0.1) is 5.82 Å². The first kappa shape index (κ1) is 26.1. The molecule has 0 saturated carbocycles. The van der Waals surface area contributed by atoms with Crippen molar-refractivity contribution in [1.82, 2.24) is 10.3 Å². The molecule has 0 atom stereocenters. The number of alkyl carbamates (subject to hydrolysis) is 1. The molecule has 3 aromatic rings. The lowest BCUT2D eigenvalue weighted by molar-refractivity contribution is 0.0635. The van der Waals surface area contributed by atoms with Crippen LogP contribution in [0.1, 0.15) is 42.3 Å². The van der Waals surface area contributed by atoms with Crippen molar-refractivity contribution in [3.05, 3.63) is 89.5 Å². The third-order valence-electron chi connectivity index (χ3n) is 4.61. The second-order valence-electron chi connectivity index (χ2n) is 8.76. The Labute approximate surface area is 208 Å². The highest BCUT2D eigenvalue weighted by molar-refractivity contribution is 6.06. The number of nitrogens with zero attached hydrogens (tertiary/aromatic N) is 1. The van der Waals surface area contributed by atoms with E-state index in [-0.39, 0.29) is 24.5 Å². The fourth-order valence-corrected chi connectivity index (χ4v) is 2.97. The zero-order chi connectivity index (χ0) is 26.1. The van der Waals surface area contributed by atoms with Gasteiger partial charge in [0.05, 0.1) is 11.4 Å². The van der Waals surface area contributed by atoms with Gasteiger partial charge >= 0.3 is 12.2 Å². The summed E-state index contributed by atoms with van der Waals surface area (Å²) in [5.74, 6) is -1.10. The number of carbonyl (C=O) groups is 3. The zero-order valence-electron chi connectivity index (χ0n) is 20.1. The summed E-state index contributed by atoms with van der Waals surface area (Å²) in [6, 6.07) is 13.6. The molecule has 0 radical (unpaired) electrons. The number of carbonyl (C=O) groups excluding carboxylic acids is 3. The summed E-state index contributed by atoms with van der Waals surface area (Å²) in [5, 5.41) is 7.73. The Hall–Kier alpha value is -4.47. The van der Waals surface area contributed by atoms with E-state index in [0.717, 1.165) is 23.3 Å². The van der Waals surface area contributed by atoms with Crippen LogP contribution in [0.4, 0.5) is 25.4 Å². The third-order valence-corrected chi connectivity index (χ3v) is 4.61. The number of hydrogen-bond donors (Lipinski definition) is 3. The van der Waals surface area contributed by atoms with Gasteiger partial charge < -0.3 is 20.1 Å². The lowest BCUT2D eigenvalue weighted by Gasteiger charge is -2.20. The molecule has 0 bridgehead atoms. The van der Waals surface area contributed by atoms with Gasteiger partial charge in [-0.1, -0.05) is 18.2 Å². The third kappa shape index (κ3) is 8.39. The molecule has 3 amide bonds. The van der Waals surface area contributed by atoms with Crippen molar-refractivity contribution < 1.29 is 28.2 Å². The number of rotatable bonds is 7. The van der Waals surface area contributed by atoms with Crippen molar-refractivity contribution >= 4 is 29.5 Å². The molecule has 3 rings (SSSR count). The van der Waals surface area contributed by atoms with Gasteiger partial charge in [-0.25, -0.2) is 14.0 Å². The molecule has 0 unspecified atom stereocenters. The highest BCUT2D eigenvalue weighted by Crippen LogP contribution is 2.24. The molecule has 1 heterocycles. The molecule has 0 aliphatic heterocycles. The highest BCUT2D eigenvalue weighted by atomic mass is 19.1. The minimum Gasteiger partial charge on any atom is -0.445 e. The van der Waals surface area contributed by atoms with Gasteiger partial charge in [-0.15, -0.1) is 0 Å². The van der Waals surface area contributed by atoms with Gasteiger partial charge in [0, 0.05) is 30.1 Å². The number of benzene rings is 2. The van der Waals surface area contributed by atoms with E-state index >= 15 is 0 Å². The number of aromatic nitrogens is 1. The van der Waals surface area contributed by atoms with Gasteiger partial charge in [0.15, 0.2) is 0 Å². The second-order valence-corrected chi connectivity index (χ2v) is 8.76. The quantitative estimate of drug-likeness (QED) is 0.413. The van der Waals surface area contributed by atoms with E-state index in [1.54, 1.807) is 69.6 Å². The van der Waals surface area contributed by atoms with Gasteiger partial charge in [0.2, 0.25) is 0 Å². The highest BCUT2D eigenvalue weighted by Gasteiger charge is 2.18. The van der Waals surface area contributed by atoms with Gasteiger partial charge in [-0.3, -0.25) is 15.1 Å². The molecule has 1 aromatic heterocycles. The number of ether oxygens (including phenoxy) is 2. The van der Waals surface area contributed by atoms with Crippen LogP contribution in [0.2, 0.25) is 0 Å². The molecule has 3 N–H and O–H groups in total. The molecule has 0 fully saturated rings. The van der Waals surface area contributed by atoms with Crippen LogP contribution in [0.3, 0.4) is 0 Å². The maximum absolute atomic E-state index is 13.8. The summed E-state index contributed by atoms with van der Waals surface area (Å²) >= 11 is 0. The zero-order valence-corrected chi connectivity index (χ0v) is 20.1. The van der Waals surface area contributed by atoms with Crippen molar-refractivity contribution in [2.24, 2.45) is 0 Å². The Kier molecular flexibility index (Phi) is 8.56. The lowest BCUT2D eigenvalue weighted by atomic mass is 10.1. The Morgan fingerprint density at radius 3 is 2.33 bits per heavy atom. The van der Waals surface area contributed by atoms with E-state index in [1.165, 1.54) is 6.07 Å². The fraction of sp³-hybridized carbons (Fsp3) is 0.231. The fourth-order valence-electron chi connectivity index (χ4n) is 2.97. The maximum Gasteiger partial charge on any atom is 0.412 e. The number of hydrogen-bond acceptors (Lipinski definition) is 6. The lowest BCUT2D eigenvalue weighted by Crippen LogP contribution is -2.27. The van der Waals surface area contributed by atoms with E-state index < -0.39 is 29.5 Å². The van der Waals surface area contributed by atoms with Crippen LogP contribution in [0.25, 0.3) is 0 Å². The van der Waals surface area contributed by atoms with Crippen LogP contribution < -0.4 is 16.0 Å². The minimum atomic E-state index is -0.736. The topological polar surface area (TPSA) is 119 Å². The van der Waals surface area contributed by atoms with Crippen LogP contribution in [-0.2, 0) is 22.6 Å². The molecular formula is C26H27FN4O5. The normalized spacial score (nSPS) is 10.8. The Bertz CT molecular complexity index is 1210. The Balaban J connectivity index is 1.55. The van der Waals surface area contributed by atoms with E-state index in [9.17, 15) is 18.8 Å². The monoisotopic (exact) mass is 494 g/mol. The SMILES string of the molecule is CC(C)(C)OC(=O)Nc1ccc(F)cc1NC(=O)c1ccc(CNC(=O)OCc2cccnc2)cc1. The molecule has 9 nitrogen and oxygen atoms in total. The first-order chi connectivity index (χ1) is 17.1. The molecular weight excluding hydrogens is 467 g/mol. The molecule has 0 aliphatic rings. The number of nitrogens with one attached hydrogen (secondary N) is 3. The average molecular weight is 495 g/mol. The Morgan fingerprint density at radius 2 is 1.67 bits per heavy atom. The second kappa shape index (κ2) is 11.8. The number of anilines is 2. The van der Waals surface area contributed by atoms with Crippen LogP contribution >= 0.6 is 0 Å². The standard InChI is InChI=1S/C26H27FN4O5/c1-26(2,3)36-25(34)31-21-11-10-20(27)13-22(21)30-23(32)19-8-6-17(7-9-19)15-29-24(33)35-16-18-5-4-12-28-14-18/h4-14H,15-16H2,1-3H3,(H,29,33)(H,30,32)(H,31,34). The predicted octanol–water partition coefficient (Wildman–Crippen LogP) is 5.25. The van der Waals surface area contributed by atoms with Crippen molar-refractivity contribution in [2.75, 3.05) is 10.6 Å². The first-order valence-electron chi connectivity index (χ1n) is 11.1. The molecule has 2 aromatic carbocycles. The molecule has 188 valence electrons. The summed E-state index contributed by atoms with van der Waals surface area (Å²) in [5.41, 5.74) is 1.34. The first-order valence-corrected chi connectivity index (χ1v) is 11.1. The van der Waals surface area contributed by atoms with Crippen molar-refractivity contribution in [1.29, 1.82) is 0 Å². The van der Waals surface area contributed by atoms with Crippen molar-refractivity contribution in [3.8, 4) is 0 Å². The summed E-state index contributed by atoms with van der Waals surface area (Å²) in [6.07, 6.45) is 1.92. The molecule has 10 heteroatoms. The number of amides is 3. The van der Waals surface area contributed by atoms with Crippen molar-refractivity contribution in [2.45, 2.75) is 39.5 Å². The van der Waals surface area contributed by atoms with E-state index in [2.05, 4.69) is 20.9 Å². The van der Waals surface area contributed by atoms with E-state index in [0.29, 0.717) is 5.56 Å². The largest absolute Gasteiger partial charge is 0.445 e. The van der Waals surface area contributed by atoms with E-state index in [1.807, 2.05) is 0 Å². The Morgan fingerprint density at radius 1 is 0.917 bits per heavy atom. The molecule has 36 heavy (non-hydrogen) atoms. The molecule has 0 saturated heterocycles. The van der Waals surface area contributed by atoms with E-state index in [4.69, 9.17) is 9.47 Å². The van der Waals surface area contributed by atoms with Crippen LogP contribution in [0.5, 0.6) is 0 Å². The maximum atomic E-state index is 13.8. The van der Waals surface area contributed by atoms with Gasteiger partial charge in [0.1, 0.15) is 18.0 Å². The summed E-state index contributed by atoms with van der Waals surface area (Å²) in [6.45, 7) is 5.44.